The highest BCUT2D eigenvalue weighted by molar-refractivity contribution is 7.11. The molecule has 1 aromatic rings. The van der Waals surface area contributed by atoms with Gasteiger partial charge in [-0.25, -0.2) is 0 Å². The molecule has 0 amide bonds. The van der Waals surface area contributed by atoms with Crippen LogP contribution >= 0.6 is 11.3 Å². The average molecular weight is 633 g/mol. The lowest BCUT2D eigenvalue weighted by Gasteiger charge is -2.42. The SMILES string of the molecule is CC(C)[Si](OCCOCCOCc1ccc(COCCOCCO[Si](C(C)C)(C(C)C)C(C)C)s1)(C(C)C)C(C)C. The zero-order valence-electron chi connectivity index (χ0n) is 28.5. The zero-order chi connectivity index (χ0) is 31.1. The van der Waals surface area contributed by atoms with Gasteiger partial charge < -0.3 is 27.8 Å². The van der Waals surface area contributed by atoms with E-state index in [1.165, 1.54) is 9.75 Å². The summed E-state index contributed by atoms with van der Waals surface area (Å²) in [6.07, 6.45) is 0. The first-order valence-electron chi connectivity index (χ1n) is 16.0. The fraction of sp³-hybridized carbons (Fsp3) is 0.875. The normalized spacial score (nSPS) is 13.3. The Morgan fingerprint density at radius 2 is 0.707 bits per heavy atom. The lowest BCUT2D eigenvalue weighted by atomic mass is 10.4. The number of rotatable bonds is 24. The Morgan fingerprint density at radius 3 is 1.00 bits per heavy atom. The van der Waals surface area contributed by atoms with E-state index in [9.17, 15) is 0 Å². The van der Waals surface area contributed by atoms with Gasteiger partial charge in [0.15, 0.2) is 16.6 Å². The maximum atomic E-state index is 6.54. The van der Waals surface area contributed by atoms with Crippen LogP contribution in [-0.4, -0.2) is 69.5 Å². The van der Waals surface area contributed by atoms with Crippen LogP contribution in [0, 0.1) is 0 Å². The molecule has 0 N–H and O–H groups in total. The number of hydrogen-bond donors (Lipinski definition) is 0. The van der Waals surface area contributed by atoms with Crippen molar-refractivity contribution in [1.82, 2.24) is 0 Å². The van der Waals surface area contributed by atoms with Crippen molar-refractivity contribution >= 4 is 28.0 Å². The van der Waals surface area contributed by atoms with Gasteiger partial charge in [0.2, 0.25) is 0 Å². The highest BCUT2D eigenvalue weighted by Gasteiger charge is 2.45. The number of ether oxygens (including phenoxy) is 4. The Kier molecular flexibility index (Phi) is 19.0. The second-order valence-corrected chi connectivity index (χ2v) is 25.2. The van der Waals surface area contributed by atoms with E-state index in [0.717, 1.165) is 0 Å². The molecule has 1 rings (SSSR count). The maximum Gasteiger partial charge on any atom is 0.200 e. The molecule has 0 saturated carbocycles. The van der Waals surface area contributed by atoms with E-state index in [1.54, 1.807) is 11.3 Å². The summed E-state index contributed by atoms with van der Waals surface area (Å²) in [5.41, 5.74) is 3.56. The molecule has 9 heteroatoms. The third-order valence-electron chi connectivity index (χ3n) is 8.52. The molecule has 0 radical (unpaired) electrons. The molecule has 6 nitrogen and oxygen atoms in total. The molecule has 0 aliphatic heterocycles. The average Bonchev–Trinajstić information content (AvgIpc) is 3.33. The van der Waals surface area contributed by atoms with Crippen molar-refractivity contribution < 1.29 is 27.8 Å². The minimum atomic E-state index is -1.81. The second kappa shape index (κ2) is 20.0. The van der Waals surface area contributed by atoms with Crippen LogP contribution in [0.5, 0.6) is 0 Å². The topological polar surface area (TPSA) is 55.4 Å². The second-order valence-electron chi connectivity index (χ2n) is 13.0. The molecule has 0 bridgehead atoms. The first-order chi connectivity index (χ1) is 19.3. The van der Waals surface area contributed by atoms with Gasteiger partial charge in [0.05, 0.1) is 66.1 Å². The van der Waals surface area contributed by atoms with Crippen LogP contribution in [0.25, 0.3) is 0 Å². The first kappa shape index (κ1) is 38.9. The molecular formula is C32H64O6SSi2. The van der Waals surface area contributed by atoms with E-state index < -0.39 is 16.6 Å². The van der Waals surface area contributed by atoms with Gasteiger partial charge >= 0.3 is 0 Å². The van der Waals surface area contributed by atoms with E-state index >= 15 is 0 Å². The number of thiophene rings is 1. The Hall–Kier alpha value is -0.106. The quantitative estimate of drug-likeness (QED) is 0.0837. The molecule has 0 fully saturated rings. The summed E-state index contributed by atoms with van der Waals surface area (Å²) in [6, 6.07) is 4.24. The molecule has 1 heterocycles. The van der Waals surface area contributed by atoms with Crippen molar-refractivity contribution in [3.8, 4) is 0 Å². The Labute approximate surface area is 259 Å². The molecule has 0 aromatic carbocycles. The fourth-order valence-electron chi connectivity index (χ4n) is 6.92. The molecule has 1 aromatic heterocycles. The van der Waals surface area contributed by atoms with E-state index in [1.807, 2.05) is 0 Å². The Bertz CT molecular complexity index is 691. The summed E-state index contributed by atoms with van der Waals surface area (Å²) >= 11 is 1.74. The highest BCUT2D eigenvalue weighted by atomic mass is 32.1. The third-order valence-corrected chi connectivity index (χ3v) is 21.8. The predicted octanol–water partition coefficient (Wildman–Crippen LogP) is 9.20. The summed E-state index contributed by atoms with van der Waals surface area (Å²) in [6.45, 7) is 33.9. The van der Waals surface area contributed by atoms with Gasteiger partial charge in [0, 0.05) is 9.75 Å². The van der Waals surface area contributed by atoms with Crippen molar-refractivity contribution in [2.45, 2.75) is 130 Å². The molecule has 0 aliphatic rings. The van der Waals surface area contributed by atoms with E-state index in [-0.39, 0.29) is 0 Å². The van der Waals surface area contributed by atoms with Gasteiger partial charge in [-0.15, -0.1) is 11.3 Å². The minimum Gasteiger partial charge on any atom is -0.414 e. The van der Waals surface area contributed by atoms with E-state index in [0.29, 0.717) is 99.3 Å². The van der Waals surface area contributed by atoms with Crippen LogP contribution in [-0.2, 0) is 41.0 Å². The van der Waals surface area contributed by atoms with Gasteiger partial charge in [0.1, 0.15) is 0 Å². The Morgan fingerprint density at radius 1 is 0.439 bits per heavy atom. The first-order valence-corrected chi connectivity index (χ1v) is 21.1. The van der Waals surface area contributed by atoms with Crippen LogP contribution < -0.4 is 0 Å². The summed E-state index contributed by atoms with van der Waals surface area (Å²) in [5.74, 6) is 0. The monoisotopic (exact) mass is 632 g/mol. The predicted molar refractivity (Wildman–Crippen MR) is 179 cm³/mol. The maximum absolute atomic E-state index is 6.54. The van der Waals surface area contributed by atoms with Crippen LogP contribution in [0.1, 0.15) is 92.8 Å². The molecule has 242 valence electrons. The van der Waals surface area contributed by atoms with Crippen molar-refractivity contribution in [3.63, 3.8) is 0 Å². The third kappa shape index (κ3) is 12.1. The minimum absolute atomic E-state index is 0.584. The molecule has 0 aliphatic carbocycles. The van der Waals surface area contributed by atoms with Crippen molar-refractivity contribution in [1.29, 1.82) is 0 Å². The van der Waals surface area contributed by atoms with Crippen LogP contribution in [0.2, 0.25) is 33.2 Å². The van der Waals surface area contributed by atoms with Crippen LogP contribution in [0.4, 0.5) is 0 Å². The van der Waals surface area contributed by atoms with Crippen molar-refractivity contribution in [2.24, 2.45) is 0 Å². The molecule has 41 heavy (non-hydrogen) atoms. The van der Waals surface area contributed by atoms with Gasteiger partial charge in [-0.05, 0) is 45.4 Å². The Balaban J connectivity index is 2.16. The van der Waals surface area contributed by atoms with Gasteiger partial charge in [0.25, 0.3) is 0 Å². The van der Waals surface area contributed by atoms with Gasteiger partial charge in [-0.3, -0.25) is 0 Å². The molecule has 0 spiro atoms. The van der Waals surface area contributed by atoms with Crippen molar-refractivity contribution in [2.75, 3.05) is 52.9 Å². The molecule has 0 unspecified atom stereocenters. The number of hydrogen-bond acceptors (Lipinski definition) is 7. The van der Waals surface area contributed by atoms with Gasteiger partial charge in [-0.2, -0.15) is 0 Å². The van der Waals surface area contributed by atoms with E-state index in [2.05, 4.69) is 95.2 Å². The standard InChI is InChI=1S/C32H64O6SSi2/c1-25(2)40(26(3)4,27(5)6)37-21-19-33-15-17-35-23-31-13-14-32(39-31)24-36-18-16-34-20-22-38-41(28(7)8,29(9)10)30(11)12/h13-14,25-30H,15-24H2,1-12H3. The lowest BCUT2D eigenvalue weighted by molar-refractivity contribution is 0.0288. The van der Waals surface area contributed by atoms with E-state index in [4.69, 9.17) is 27.8 Å². The van der Waals surface area contributed by atoms with Gasteiger partial charge in [-0.1, -0.05) is 83.1 Å². The van der Waals surface area contributed by atoms with Crippen LogP contribution in [0.3, 0.4) is 0 Å². The zero-order valence-corrected chi connectivity index (χ0v) is 31.4. The molecular weight excluding hydrogens is 569 g/mol. The summed E-state index contributed by atoms with van der Waals surface area (Å²) in [5, 5.41) is 0. The van der Waals surface area contributed by atoms with Crippen LogP contribution in [0.15, 0.2) is 12.1 Å². The lowest BCUT2D eigenvalue weighted by Crippen LogP contribution is -2.48. The fourth-order valence-corrected chi connectivity index (χ4v) is 18.7. The summed E-state index contributed by atoms with van der Waals surface area (Å²) in [7, 11) is -3.63. The van der Waals surface area contributed by atoms with Crippen molar-refractivity contribution in [3.05, 3.63) is 21.9 Å². The summed E-state index contributed by atoms with van der Waals surface area (Å²) < 4.78 is 36.3. The largest absolute Gasteiger partial charge is 0.414 e. The molecule has 0 atom stereocenters. The summed E-state index contributed by atoms with van der Waals surface area (Å²) in [4.78, 5) is 2.41. The smallest absolute Gasteiger partial charge is 0.200 e. The highest BCUT2D eigenvalue weighted by Crippen LogP contribution is 2.43. The molecule has 0 saturated heterocycles.